The van der Waals surface area contributed by atoms with Gasteiger partial charge in [0.15, 0.2) is 0 Å². The van der Waals surface area contributed by atoms with Crippen LogP contribution in [0.2, 0.25) is 0 Å². The molecule has 2 unspecified atom stereocenters. The van der Waals surface area contributed by atoms with E-state index in [-0.39, 0.29) is 6.61 Å². The van der Waals surface area contributed by atoms with Gasteiger partial charge in [0.05, 0.1) is 25.4 Å². The summed E-state index contributed by atoms with van der Waals surface area (Å²) in [5.74, 6) is 0. The molecule has 1 saturated heterocycles. The van der Waals surface area contributed by atoms with Crippen LogP contribution in [0.4, 0.5) is 5.69 Å². The Kier molecular flexibility index (Phi) is 3.52. The molecule has 1 aliphatic carbocycles. The summed E-state index contributed by atoms with van der Waals surface area (Å²) in [6.45, 7) is 1.87. The van der Waals surface area contributed by atoms with Crippen LogP contribution in [0.5, 0.6) is 0 Å². The average molecular weight is 247 g/mol. The Morgan fingerprint density at radius 3 is 2.94 bits per heavy atom. The van der Waals surface area contributed by atoms with Crippen molar-refractivity contribution in [1.82, 2.24) is 0 Å². The minimum atomic E-state index is 0.116. The number of benzene rings is 1. The summed E-state index contributed by atoms with van der Waals surface area (Å²) < 4.78 is 5.90. The molecule has 18 heavy (non-hydrogen) atoms. The van der Waals surface area contributed by atoms with Crippen molar-refractivity contribution in [3.63, 3.8) is 0 Å². The van der Waals surface area contributed by atoms with Gasteiger partial charge in [0.2, 0.25) is 0 Å². The van der Waals surface area contributed by atoms with Crippen LogP contribution in [0.15, 0.2) is 24.3 Å². The molecule has 0 radical (unpaired) electrons. The number of anilines is 1. The van der Waals surface area contributed by atoms with E-state index in [0.29, 0.717) is 12.1 Å². The number of nitrogens with zero attached hydrogens (tertiary/aromatic N) is 1. The first kappa shape index (κ1) is 12.0. The van der Waals surface area contributed by atoms with Gasteiger partial charge in [-0.2, -0.15) is 0 Å². The molecular formula is C15H21NO2. The van der Waals surface area contributed by atoms with Crippen LogP contribution in [-0.2, 0) is 11.3 Å². The summed E-state index contributed by atoms with van der Waals surface area (Å²) in [5.41, 5.74) is 2.23. The van der Waals surface area contributed by atoms with E-state index in [1.54, 1.807) is 0 Å². The highest BCUT2D eigenvalue weighted by Gasteiger charge is 2.34. The van der Waals surface area contributed by atoms with Crippen LogP contribution in [0, 0.1) is 0 Å². The summed E-state index contributed by atoms with van der Waals surface area (Å²) >= 11 is 0. The zero-order chi connectivity index (χ0) is 12.4. The van der Waals surface area contributed by atoms with Gasteiger partial charge in [-0.15, -0.1) is 0 Å². The largest absolute Gasteiger partial charge is 0.392 e. The summed E-state index contributed by atoms with van der Waals surface area (Å²) in [7, 11) is 0. The predicted octanol–water partition coefficient (Wildman–Crippen LogP) is 2.33. The van der Waals surface area contributed by atoms with Crippen molar-refractivity contribution >= 4 is 5.69 Å². The number of hydrogen-bond donors (Lipinski definition) is 1. The minimum absolute atomic E-state index is 0.116. The lowest BCUT2D eigenvalue weighted by atomic mass is 9.89. The fourth-order valence-electron chi connectivity index (χ4n) is 3.32. The molecule has 1 heterocycles. The van der Waals surface area contributed by atoms with Gasteiger partial charge in [0.25, 0.3) is 0 Å². The molecule has 2 atom stereocenters. The highest BCUT2D eigenvalue weighted by Crippen LogP contribution is 2.33. The lowest BCUT2D eigenvalue weighted by Gasteiger charge is -2.45. The molecule has 3 heteroatoms. The number of fused-ring (bicyclic) bond motifs is 1. The van der Waals surface area contributed by atoms with Crippen molar-refractivity contribution in [1.29, 1.82) is 0 Å². The molecule has 0 bridgehead atoms. The van der Waals surface area contributed by atoms with Crippen molar-refractivity contribution < 1.29 is 9.84 Å². The Bertz CT molecular complexity index is 405. The van der Waals surface area contributed by atoms with Gasteiger partial charge < -0.3 is 14.7 Å². The van der Waals surface area contributed by atoms with Gasteiger partial charge in [-0.3, -0.25) is 0 Å². The highest BCUT2D eigenvalue weighted by molar-refractivity contribution is 5.54. The van der Waals surface area contributed by atoms with Crippen LogP contribution in [-0.4, -0.2) is 30.4 Å². The first-order valence-electron chi connectivity index (χ1n) is 6.97. The van der Waals surface area contributed by atoms with E-state index in [2.05, 4.69) is 17.0 Å². The predicted molar refractivity (Wildman–Crippen MR) is 71.7 cm³/mol. The number of para-hydroxylation sites is 1. The van der Waals surface area contributed by atoms with Gasteiger partial charge >= 0.3 is 0 Å². The molecule has 1 aromatic carbocycles. The van der Waals surface area contributed by atoms with Gasteiger partial charge in [-0.1, -0.05) is 31.0 Å². The number of morpholine rings is 1. The molecule has 0 amide bonds. The third-order valence-electron chi connectivity index (χ3n) is 4.20. The topological polar surface area (TPSA) is 32.7 Å². The normalized spacial score (nSPS) is 27.9. The lowest BCUT2D eigenvalue weighted by Crippen LogP contribution is -2.53. The zero-order valence-corrected chi connectivity index (χ0v) is 10.7. The molecule has 3 nitrogen and oxygen atoms in total. The summed E-state index contributed by atoms with van der Waals surface area (Å²) in [6, 6.07) is 8.70. The first-order chi connectivity index (χ1) is 8.90. The van der Waals surface area contributed by atoms with E-state index in [1.807, 2.05) is 12.1 Å². The Balaban J connectivity index is 1.89. The second kappa shape index (κ2) is 5.29. The van der Waals surface area contributed by atoms with Crippen molar-refractivity contribution in [2.24, 2.45) is 0 Å². The third kappa shape index (κ3) is 2.13. The fraction of sp³-hybridized carbons (Fsp3) is 0.600. The molecule has 2 aliphatic rings. The quantitative estimate of drug-likeness (QED) is 0.870. The number of hydrogen-bond acceptors (Lipinski definition) is 3. The second-order valence-corrected chi connectivity index (χ2v) is 5.24. The van der Waals surface area contributed by atoms with Crippen LogP contribution >= 0.6 is 0 Å². The van der Waals surface area contributed by atoms with E-state index >= 15 is 0 Å². The van der Waals surface area contributed by atoms with Gasteiger partial charge in [0, 0.05) is 17.8 Å². The SMILES string of the molecule is OCc1ccccc1N1CCOC2CCCCC21. The van der Waals surface area contributed by atoms with E-state index in [0.717, 1.165) is 18.7 Å². The second-order valence-electron chi connectivity index (χ2n) is 5.24. The van der Waals surface area contributed by atoms with Crippen LogP contribution in [0.3, 0.4) is 0 Å². The zero-order valence-electron chi connectivity index (χ0n) is 10.7. The molecule has 3 rings (SSSR count). The lowest BCUT2D eigenvalue weighted by molar-refractivity contribution is -0.00880. The Hall–Kier alpha value is -1.06. The molecule has 1 N–H and O–H groups in total. The molecule has 98 valence electrons. The van der Waals surface area contributed by atoms with E-state index in [4.69, 9.17) is 4.74 Å². The van der Waals surface area contributed by atoms with Crippen molar-refractivity contribution in [2.45, 2.75) is 44.4 Å². The maximum Gasteiger partial charge on any atom is 0.0779 e. The van der Waals surface area contributed by atoms with Gasteiger partial charge in [-0.05, 0) is 18.9 Å². The van der Waals surface area contributed by atoms with E-state index in [1.165, 1.54) is 31.4 Å². The monoisotopic (exact) mass is 247 g/mol. The maximum absolute atomic E-state index is 9.49. The third-order valence-corrected chi connectivity index (χ3v) is 4.20. The van der Waals surface area contributed by atoms with Crippen LogP contribution in [0.1, 0.15) is 31.2 Å². The Morgan fingerprint density at radius 2 is 2.06 bits per heavy atom. The number of aliphatic hydroxyl groups is 1. The summed E-state index contributed by atoms with van der Waals surface area (Å²) in [6.07, 6.45) is 5.37. The van der Waals surface area contributed by atoms with Crippen molar-refractivity contribution in [3.8, 4) is 0 Å². The molecular weight excluding hydrogens is 226 g/mol. The van der Waals surface area contributed by atoms with Crippen LogP contribution < -0.4 is 4.90 Å². The van der Waals surface area contributed by atoms with E-state index in [9.17, 15) is 5.11 Å². The van der Waals surface area contributed by atoms with Gasteiger partial charge in [0.1, 0.15) is 0 Å². The van der Waals surface area contributed by atoms with Crippen molar-refractivity contribution in [2.75, 3.05) is 18.1 Å². The molecule has 0 aromatic heterocycles. The van der Waals surface area contributed by atoms with Gasteiger partial charge in [-0.25, -0.2) is 0 Å². The Labute approximate surface area is 108 Å². The number of rotatable bonds is 2. The molecule has 1 aliphatic heterocycles. The first-order valence-corrected chi connectivity index (χ1v) is 6.97. The molecule has 1 saturated carbocycles. The summed E-state index contributed by atoms with van der Waals surface area (Å²) in [5, 5.41) is 9.49. The average Bonchev–Trinajstić information content (AvgIpc) is 2.46. The van der Waals surface area contributed by atoms with Crippen LogP contribution in [0.25, 0.3) is 0 Å². The molecule has 1 aromatic rings. The van der Waals surface area contributed by atoms with Crippen molar-refractivity contribution in [3.05, 3.63) is 29.8 Å². The minimum Gasteiger partial charge on any atom is -0.392 e. The smallest absolute Gasteiger partial charge is 0.0779 e. The summed E-state index contributed by atoms with van der Waals surface area (Å²) in [4.78, 5) is 2.46. The maximum atomic E-state index is 9.49. The standard InChI is InChI=1S/C15H21NO2/c17-11-12-5-1-2-6-13(12)16-9-10-18-15-8-4-3-7-14(15)16/h1-2,5-6,14-15,17H,3-4,7-11H2. The van der Waals surface area contributed by atoms with E-state index < -0.39 is 0 Å². The molecule has 2 fully saturated rings. The number of aliphatic hydroxyl groups excluding tert-OH is 1. The number of ether oxygens (including phenoxy) is 1. The fourth-order valence-corrected chi connectivity index (χ4v) is 3.32. The molecule has 0 spiro atoms. The highest BCUT2D eigenvalue weighted by atomic mass is 16.5. The Morgan fingerprint density at radius 1 is 1.22 bits per heavy atom.